The Labute approximate surface area is 127 Å². The fourth-order valence-corrected chi connectivity index (χ4v) is 2.41. The lowest BCUT2D eigenvalue weighted by atomic mass is 9.88. The lowest BCUT2D eigenvalue weighted by Gasteiger charge is -2.14. The zero-order chi connectivity index (χ0) is 14.5. The van der Waals surface area contributed by atoms with Crippen LogP contribution in [0.15, 0.2) is 48.5 Å². The quantitative estimate of drug-likeness (QED) is 0.756. The first kappa shape index (κ1) is 14.6. The minimum atomic E-state index is -0.530. The number of hydrogen-bond donors (Lipinski definition) is 0. The molecular formula is C16H11Cl2NO. The van der Waals surface area contributed by atoms with E-state index >= 15 is 0 Å². The van der Waals surface area contributed by atoms with Crippen LogP contribution < -0.4 is 0 Å². The maximum absolute atomic E-state index is 12.6. The number of rotatable bonds is 4. The van der Waals surface area contributed by atoms with Crippen LogP contribution in [0.1, 0.15) is 28.3 Å². The molecule has 1 atom stereocenters. The summed E-state index contributed by atoms with van der Waals surface area (Å²) in [6.45, 7) is 0. The third kappa shape index (κ3) is 3.01. The van der Waals surface area contributed by atoms with E-state index < -0.39 is 5.92 Å². The van der Waals surface area contributed by atoms with Crippen LogP contribution in [0.25, 0.3) is 0 Å². The highest BCUT2D eigenvalue weighted by atomic mass is 35.5. The van der Waals surface area contributed by atoms with Crippen molar-refractivity contribution in [3.63, 3.8) is 0 Å². The van der Waals surface area contributed by atoms with Gasteiger partial charge < -0.3 is 0 Å². The lowest BCUT2D eigenvalue weighted by molar-refractivity contribution is 0.0961. The summed E-state index contributed by atoms with van der Waals surface area (Å²) >= 11 is 12.0. The van der Waals surface area contributed by atoms with E-state index in [1.165, 1.54) is 0 Å². The minimum Gasteiger partial charge on any atom is -0.293 e. The molecule has 0 heterocycles. The van der Waals surface area contributed by atoms with E-state index in [-0.39, 0.29) is 17.2 Å². The van der Waals surface area contributed by atoms with Crippen molar-refractivity contribution in [2.75, 3.05) is 0 Å². The molecule has 2 nitrogen and oxygen atoms in total. The summed E-state index contributed by atoms with van der Waals surface area (Å²) in [5.41, 5.74) is 1.15. The highest BCUT2D eigenvalue weighted by Crippen LogP contribution is 2.31. The molecule has 0 radical (unpaired) electrons. The van der Waals surface area contributed by atoms with Crippen LogP contribution in [0.4, 0.5) is 0 Å². The zero-order valence-corrected chi connectivity index (χ0v) is 12.0. The topological polar surface area (TPSA) is 40.9 Å². The molecule has 2 rings (SSSR count). The molecule has 0 aliphatic carbocycles. The van der Waals surface area contributed by atoms with Gasteiger partial charge >= 0.3 is 0 Å². The van der Waals surface area contributed by atoms with Gasteiger partial charge in [0.2, 0.25) is 0 Å². The number of ketones is 1. The molecule has 2 aromatic rings. The van der Waals surface area contributed by atoms with Crippen molar-refractivity contribution >= 4 is 29.0 Å². The van der Waals surface area contributed by atoms with E-state index in [0.717, 1.165) is 5.56 Å². The first-order valence-electron chi connectivity index (χ1n) is 6.05. The number of benzene rings is 2. The molecule has 0 N–H and O–H groups in total. The Morgan fingerprint density at radius 1 is 1.10 bits per heavy atom. The van der Waals surface area contributed by atoms with Gasteiger partial charge in [0.15, 0.2) is 5.78 Å². The Bertz CT molecular complexity index is 662. The van der Waals surface area contributed by atoms with Gasteiger partial charge in [-0.3, -0.25) is 4.79 Å². The molecule has 2 aromatic carbocycles. The molecule has 0 spiro atoms. The van der Waals surface area contributed by atoms with Gasteiger partial charge in [0.25, 0.3) is 0 Å². The van der Waals surface area contributed by atoms with Crippen molar-refractivity contribution in [3.05, 3.63) is 69.7 Å². The summed E-state index contributed by atoms with van der Waals surface area (Å²) in [4.78, 5) is 12.6. The third-order valence-electron chi connectivity index (χ3n) is 3.03. The van der Waals surface area contributed by atoms with Crippen molar-refractivity contribution in [2.24, 2.45) is 0 Å². The van der Waals surface area contributed by atoms with Crippen LogP contribution in [-0.2, 0) is 0 Å². The summed E-state index contributed by atoms with van der Waals surface area (Å²) < 4.78 is 0. The number of halogens is 2. The standard InChI is InChI=1S/C16H11Cl2NO/c17-14-8-4-7-13(15(14)18)16(20)12(9-10-19)11-5-2-1-3-6-11/h1-8,12H,9H2. The molecule has 0 fully saturated rings. The number of hydrogen-bond acceptors (Lipinski definition) is 2. The van der Waals surface area contributed by atoms with E-state index in [1.807, 2.05) is 30.3 Å². The average molecular weight is 304 g/mol. The molecule has 0 aliphatic heterocycles. The Kier molecular flexibility index (Phi) is 4.79. The summed E-state index contributed by atoms with van der Waals surface area (Å²) in [5, 5.41) is 9.53. The summed E-state index contributed by atoms with van der Waals surface area (Å²) in [6, 6.07) is 16.2. The second-order valence-corrected chi connectivity index (χ2v) is 5.08. The Morgan fingerprint density at radius 3 is 2.45 bits per heavy atom. The molecule has 100 valence electrons. The van der Waals surface area contributed by atoms with Gasteiger partial charge in [-0.25, -0.2) is 0 Å². The number of carbonyl (C=O) groups is 1. The molecule has 20 heavy (non-hydrogen) atoms. The molecular weight excluding hydrogens is 293 g/mol. The second-order valence-electron chi connectivity index (χ2n) is 4.29. The first-order chi connectivity index (χ1) is 9.65. The van der Waals surface area contributed by atoms with Crippen molar-refractivity contribution in [1.29, 1.82) is 5.26 Å². The highest BCUT2D eigenvalue weighted by molar-refractivity contribution is 6.44. The average Bonchev–Trinajstić information content (AvgIpc) is 2.48. The maximum atomic E-state index is 12.6. The SMILES string of the molecule is N#CCC(C(=O)c1cccc(Cl)c1Cl)c1ccccc1. The number of Topliss-reactive ketones (excluding diaryl/α,β-unsaturated/α-hetero) is 1. The van der Waals surface area contributed by atoms with Crippen LogP contribution in [0.2, 0.25) is 10.0 Å². The maximum Gasteiger partial charge on any atom is 0.172 e. The van der Waals surface area contributed by atoms with Crippen LogP contribution in [-0.4, -0.2) is 5.78 Å². The Morgan fingerprint density at radius 2 is 1.80 bits per heavy atom. The van der Waals surface area contributed by atoms with Gasteiger partial charge in [-0.05, 0) is 17.7 Å². The van der Waals surface area contributed by atoms with Crippen LogP contribution in [0.3, 0.4) is 0 Å². The molecule has 0 saturated carbocycles. The molecule has 4 heteroatoms. The number of nitriles is 1. The molecule has 0 bridgehead atoms. The predicted molar refractivity (Wildman–Crippen MR) is 80.2 cm³/mol. The molecule has 0 aromatic heterocycles. The van der Waals surface area contributed by atoms with Crippen LogP contribution >= 0.6 is 23.2 Å². The molecule has 0 aliphatic rings. The Hall–Kier alpha value is -1.82. The third-order valence-corrected chi connectivity index (χ3v) is 3.85. The second kappa shape index (κ2) is 6.56. The highest BCUT2D eigenvalue weighted by Gasteiger charge is 2.24. The largest absolute Gasteiger partial charge is 0.293 e. The van der Waals surface area contributed by atoms with Gasteiger partial charge in [-0.15, -0.1) is 0 Å². The normalized spacial score (nSPS) is 11.7. The smallest absolute Gasteiger partial charge is 0.172 e. The number of carbonyl (C=O) groups excluding carboxylic acids is 1. The zero-order valence-electron chi connectivity index (χ0n) is 10.5. The summed E-state index contributed by atoms with van der Waals surface area (Å²) in [7, 11) is 0. The van der Waals surface area contributed by atoms with E-state index in [1.54, 1.807) is 18.2 Å². The van der Waals surface area contributed by atoms with Crippen molar-refractivity contribution < 1.29 is 4.79 Å². The Balaban J connectivity index is 2.43. The van der Waals surface area contributed by atoms with Crippen molar-refractivity contribution in [2.45, 2.75) is 12.3 Å². The van der Waals surface area contributed by atoms with E-state index in [2.05, 4.69) is 6.07 Å². The first-order valence-corrected chi connectivity index (χ1v) is 6.81. The predicted octanol–water partition coefficient (Wildman–Crippen LogP) is 4.87. The lowest BCUT2D eigenvalue weighted by Crippen LogP contribution is -2.13. The van der Waals surface area contributed by atoms with Gasteiger partial charge in [-0.1, -0.05) is 59.6 Å². The van der Waals surface area contributed by atoms with Crippen molar-refractivity contribution in [1.82, 2.24) is 0 Å². The molecule has 1 unspecified atom stereocenters. The fraction of sp³-hybridized carbons (Fsp3) is 0.125. The summed E-state index contributed by atoms with van der Waals surface area (Å²) in [5.74, 6) is -0.720. The van der Waals surface area contributed by atoms with E-state index in [9.17, 15) is 4.79 Å². The molecule has 0 saturated heterocycles. The van der Waals surface area contributed by atoms with Crippen LogP contribution in [0.5, 0.6) is 0 Å². The fourth-order valence-electron chi connectivity index (χ4n) is 2.02. The number of nitrogens with zero attached hydrogens (tertiary/aromatic N) is 1. The monoisotopic (exact) mass is 303 g/mol. The van der Waals surface area contributed by atoms with E-state index in [0.29, 0.717) is 10.6 Å². The van der Waals surface area contributed by atoms with Crippen molar-refractivity contribution in [3.8, 4) is 6.07 Å². The van der Waals surface area contributed by atoms with Gasteiger partial charge in [0, 0.05) is 12.0 Å². The van der Waals surface area contributed by atoms with E-state index in [4.69, 9.17) is 28.5 Å². The minimum absolute atomic E-state index is 0.103. The summed E-state index contributed by atoms with van der Waals surface area (Å²) in [6.07, 6.45) is 0.103. The van der Waals surface area contributed by atoms with Gasteiger partial charge in [0.1, 0.15) is 0 Å². The van der Waals surface area contributed by atoms with Gasteiger partial charge in [0.05, 0.1) is 22.0 Å². The molecule has 0 amide bonds. The van der Waals surface area contributed by atoms with Gasteiger partial charge in [-0.2, -0.15) is 5.26 Å². The van der Waals surface area contributed by atoms with Crippen LogP contribution in [0, 0.1) is 11.3 Å².